The van der Waals surface area contributed by atoms with Crippen LogP contribution in [0.5, 0.6) is 5.75 Å². The highest BCUT2D eigenvalue weighted by atomic mass is 16.6. The van der Waals surface area contributed by atoms with Crippen molar-refractivity contribution in [2.75, 3.05) is 6.61 Å². The zero-order valence-corrected chi connectivity index (χ0v) is 22.5. The number of rotatable bonds is 7. The maximum absolute atomic E-state index is 13.4. The van der Waals surface area contributed by atoms with E-state index in [0.717, 1.165) is 37.0 Å². The van der Waals surface area contributed by atoms with E-state index in [-0.39, 0.29) is 24.1 Å². The summed E-state index contributed by atoms with van der Waals surface area (Å²) in [7, 11) is 0. The Morgan fingerprint density at radius 2 is 1.48 bits per heavy atom. The van der Waals surface area contributed by atoms with Gasteiger partial charge in [0.15, 0.2) is 0 Å². The highest BCUT2D eigenvalue weighted by Crippen LogP contribution is 2.45. The zero-order valence-electron chi connectivity index (χ0n) is 22.5. The van der Waals surface area contributed by atoms with Crippen LogP contribution in [0.1, 0.15) is 47.4 Å². The number of hydrogen-bond acceptors (Lipinski definition) is 3. The van der Waals surface area contributed by atoms with E-state index in [4.69, 9.17) is 9.47 Å². The van der Waals surface area contributed by atoms with Gasteiger partial charge < -0.3 is 9.47 Å². The number of carbonyl (C=O) groups excluding carboxylic acids is 1. The number of nitrogens with zero attached hydrogens (tertiary/aromatic N) is 1. The van der Waals surface area contributed by atoms with Crippen molar-refractivity contribution >= 4 is 6.09 Å². The lowest BCUT2D eigenvalue weighted by Crippen LogP contribution is -2.44. The first-order valence-electron chi connectivity index (χ1n) is 14.3. The van der Waals surface area contributed by atoms with Crippen LogP contribution in [0, 0.1) is 0 Å². The van der Waals surface area contributed by atoms with E-state index in [2.05, 4.69) is 84.9 Å². The van der Waals surface area contributed by atoms with Gasteiger partial charge in [-0.15, -0.1) is 0 Å². The van der Waals surface area contributed by atoms with Crippen LogP contribution in [0.15, 0.2) is 115 Å². The second-order valence-electron chi connectivity index (χ2n) is 11.1. The van der Waals surface area contributed by atoms with Crippen molar-refractivity contribution in [2.24, 2.45) is 0 Å². The van der Waals surface area contributed by atoms with Crippen LogP contribution >= 0.6 is 0 Å². The summed E-state index contributed by atoms with van der Waals surface area (Å²) in [5.41, 5.74) is 8.79. The average Bonchev–Trinajstić information content (AvgIpc) is 3.46. The first-order chi connectivity index (χ1) is 19.7. The average molecular weight is 528 g/mol. The lowest BCUT2D eigenvalue weighted by Gasteiger charge is -2.33. The molecule has 3 aliphatic rings. The molecule has 2 aliphatic heterocycles. The summed E-state index contributed by atoms with van der Waals surface area (Å²) >= 11 is 0. The van der Waals surface area contributed by atoms with Crippen molar-refractivity contribution < 1.29 is 14.3 Å². The zero-order chi connectivity index (χ0) is 26.9. The van der Waals surface area contributed by atoms with Gasteiger partial charge in [-0.1, -0.05) is 103 Å². The highest BCUT2D eigenvalue weighted by molar-refractivity contribution is 5.79. The van der Waals surface area contributed by atoms with Crippen molar-refractivity contribution in [3.8, 4) is 16.9 Å². The molecule has 1 amide bonds. The quantitative estimate of drug-likeness (QED) is 0.229. The molecular formula is C36H33NO3. The Bertz CT molecular complexity index is 1510. The summed E-state index contributed by atoms with van der Waals surface area (Å²) in [6.45, 7) is 0.932. The Kier molecular flexibility index (Phi) is 6.60. The molecule has 2 atom stereocenters. The van der Waals surface area contributed by atoms with Gasteiger partial charge in [-0.25, -0.2) is 4.79 Å². The van der Waals surface area contributed by atoms with Gasteiger partial charge in [0.25, 0.3) is 0 Å². The molecule has 0 saturated carbocycles. The van der Waals surface area contributed by atoms with Gasteiger partial charge >= 0.3 is 6.09 Å². The predicted octanol–water partition coefficient (Wildman–Crippen LogP) is 7.92. The Morgan fingerprint density at radius 1 is 0.775 bits per heavy atom. The number of ether oxygens (including phenoxy) is 2. The third-order valence-electron chi connectivity index (χ3n) is 8.60. The van der Waals surface area contributed by atoms with Crippen molar-refractivity contribution in [3.63, 3.8) is 0 Å². The van der Waals surface area contributed by atoms with Crippen molar-refractivity contribution in [3.05, 3.63) is 137 Å². The van der Waals surface area contributed by atoms with Gasteiger partial charge in [0.05, 0.1) is 6.04 Å². The van der Waals surface area contributed by atoms with Crippen LogP contribution in [0.3, 0.4) is 0 Å². The number of hydrogen-bond donors (Lipinski definition) is 0. The molecule has 7 rings (SSSR count). The molecule has 1 saturated heterocycles. The first-order valence-corrected chi connectivity index (χ1v) is 14.3. The van der Waals surface area contributed by atoms with Crippen LogP contribution in [0.2, 0.25) is 0 Å². The summed E-state index contributed by atoms with van der Waals surface area (Å²) < 4.78 is 12.1. The molecule has 0 aromatic heterocycles. The molecule has 40 heavy (non-hydrogen) atoms. The summed E-state index contributed by atoms with van der Waals surface area (Å²) in [5, 5.41) is 0. The lowest BCUT2D eigenvalue weighted by molar-refractivity contribution is 0.0849. The van der Waals surface area contributed by atoms with Gasteiger partial charge in [-0.2, -0.15) is 0 Å². The summed E-state index contributed by atoms with van der Waals surface area (Å²) in [5.74, 6) is 0.974. The number of fused-ring (bicyclic) bond motifs is 5. The largest absolute Gasteiger partial charge is 0.489 e. The molecule has 4 heteroatoms. The molecule has 0 N–H and O–H groups in total. The Balaban J connectivity index is 0.997. The lowest BCUT2D eigenvalue weighted by atomic mass is 9.95. The van der Waals surface area contributed by atoms with Crippen molar-refractivity contribution in [1.82, 2.24) is 4.90 Å². The van der Waals surface area contributed by atoms with Crippen LogP contribution in [-0.4, -0.2) is 29.7 Å². The summed E-state index contributed by atoms with van der Waals surface area (Å²) in [6.07, 6.45) is 5.93. The second-order valence-corrected chi connectivity index (χ2v) is 11.1. The van der Waals surface area contributed by atoms with Crippen LogP contribution in [0.25, 0.3) is 11.1 Å². The van der Waals surface area contributed by atoms with E-state index in [1.54, 1.807) is 0 Å². The smallest absolute Gasteiger partial charge is 0.410 e. The first kappa shape index (κ1) is 24.7. The van der Waals surface area contributed by atoms with E-state index in [9.17, 15) is 4.79 Å². The second kappa shape index (κ2) is 10.7. The fraction of sp³-hybridized carbons (Fsp3) is 0.250. The minimum Gasteiger partial charge on any atom is -0.489 e. The van der Waals surface area contributed by atoms with Crippen LogP contribution in [0.4, 0.5) is 4.79 Å². The third-order valence-corrected chi connectivity index (χ3v) is 8.60. The van der Waals surface area contributed by atoms with Crippen LogP contribution < -0.4 is 4.74 Å². The molecule has 0 radical (unpaired) electrons. The fourth-order valence-corrected chi connectivity index (χ4v) is 6.75. The predicted molar refractivity (Wildman–Crippen MR) is 157 cm³/mol. The maximum atomic E-state index is 13.4. The maximum Gasteiger partial charge on any atom is 0.410 e. The fourth-order valence-electron chi connectivity index (χ4n) is 6.75. The molecule has 4 aromatic rings. The van der Waals surface area contributed by atoms with E-state index >= 15 is 0 Å². The van der Waals surface area contributed by atoms with Gasteiger partial charge in [0.1, 0.15) is 19.0 Å². The molecule has 1 aliphatic carbocycles. The van der Waals surface area contributed by atoms with E-state index in [1.165, 1.54) is 33.4 Å². The van der Waals surface area contributed by atoms with Crippen molar-refractivity contribution in [1.29, 1.82) is 0 Å². The molecule has 0 spiro atoms. The minimum absolute atomic E-state index is 0.0845. The molecule has 200 valence electrons. The Labute approximate surface area is 235 Å². The Morgan fingerprint density at radius 3 is 2.23 bits per heavy atom. The molecule has 4 aromatic carbocycles. The van der Waals surface area contributed by atoms with E-state index < -0.39 is 0 Å². The number of benzene rings is 4. The summed E-state index contributed by atoms with van der Waals surface area (Å²) in [6, 6.07) is 35.9. The topological polar surface area (TPSA) is 38.8 Å². The van der Waals surface area contributed by atoms with Gasteiger partial charge in [-0.05, 0) is 71.2 Å². The molecular weight excluding hydrogens is 494 g/mol. The van der Waals surface area contributed by atoms with Gasteiger partial charge in [0.2, 0.25) is 0 Å². The molecule has 1 fully saturated rings. The highest BCUT2D eigenvalue weighted by Gasteiger charge is 2.41. The SMILES string of the molecule is O=C(OCC1c2ccccc2-c2ccccc21)N1C2C=C(Cc3cccc(OCc4ccccc4)c3)CC1CC2. The Hall–Kier alpha value is -4.31. The number of carbonyl (C=O) groups is 1. The van der Waals surface area contributed by atoms with Gasteiger partial charge in [-0.3, -0.25) is 4.90 Å². The summed E-state index contributed by atoms with van der Waals surface area (Å²) in [4.78, 5) is 15.4. The third kappa shape index (κ3) is 4.79. The normalized spacial score (nSPS) is 19.1. The molecule has 4 nitrogen and oxygen atoms in total. The monoisotopic (exact) mass is 527 g/mol. The molecule has 2 bridgehead atoms. The van der Waals surface area contributed by atoms with Crippen molar-refractivity contribution in [2.45, 2.75) is 50.3 Å². The number of amides is 1. The molecule has 2 heterocycles. The van der Waals surface area contributed by atoms with Gasteiger partial charge in [0, 0.05) is 12.0 Å². The van der Waals surface area contributed by atoms with E-state index in [1.807, 2.05) is 29.2 Å². The molecule has 2 unspecified atom stereocenters. The minimum atomic E-state index is -0.180. The standard InChI is InChI=1S/C36H33NO3/c38-36(40-24-35-33-15-6-4-13-31(33)32-14-5-7-16-34(32)35)37-28-17-18-29(37)21-27(20-28)19-26-11-8-12-30(22-26)39-23-25-9-2-1-3-10-25/h1-16,20,22,28-29,35H,17-19,21,23-24H2. The van der Waals surface area contributed by atoms with Crippen LogP contribution in [-0.2, 0) is 17.8 Å². The van der Waals surface area contributed by atoms with E-state index in [0.29, 0.717) is 13.2 Å².